The molecule has 10 heteroatoms. The summed E-state index contributed by atoms with van der Waals surface area (Å²) >= 11 is 0. The normalized spacial score (nSPS) is 14.6. The molecule has 134 valence electrons. The van der Waals surface area contributed by atoms with Crippen molar-refractivity contribution in [1.82, 2.24) is 25.6 Å². The van der Waals surface area contributed by atoms with Gasteiger partial charge in [-0.15, -0.1) is 17.5 Å². The largest absolute Gasteiger partial charge is 0.346 e. The van der Waals surface area contributed by atoms with Crippen molar-refractivity contribution in [1.29, 1.82) is 0 Å². The predicted molar refractivity (Wildman–Crippen MR) is 92.7 cm³/mol. The summed E-state index contributed by atoms with van der Waals surface area (Å²) < 4.78 is 1.72. The Morgan fingerprint density at radius 1 is 1.36 bits per heavy atom. The standard InChI is InChI=1S/C15H18N6O3.ClH/c22-15(17-9-11-3-1-2-4-14(11)21(23)24)13-10-20(19-18-13)12-5-7-16-8-6-12;/h1-4,10,12,16H,5-9H2,(H,17,22);1H. The molecule has 0 atom stereocenters. The number of nitro benzene ring substituents is 1. The highest BCUT2D eigenvalue weighted by molar-refractivity contribution is 5.91. The molecule has 1 amide bonds. The topological polar surface area (TPSA) is 115 Å². The first-order chi connectivity index (χ1) is 11.6. The highest BCUT2D eigenvalue weighted by atomic mass is 35.5. The SMILES string of the molecule is Cl.O=C(NCc1ccccc1[N+](=O)[O-])c1cn(C2CCNCC2)nn1. The quantitative estimate of drug-likeness (QED) is 0.611. The summed E-state index contributed by atoms with van der Waals surface area (Å²) in [5.41, 5.74) is 0.643. The van der Waals surface area contributed by atoms with Crippen LogP contribution < -0.4 is 10.6 Å². The first-order valence-corrected chi connectivity index (χ1v) is 7.78. The lowest BCUT2D eigenvalue weighted by molar-refractivity contribution is -0.385. The number of para-hydroxylation sites is 1. The van der Waals surface area contributed by atoms with E-state index in [-0.39, 0.29) is 36.4 Å². The fourth-order valence-corrected chi connectivity index (χ4v) is 2.73. The van der Waals surface area contributed by atoms with Crippen molar-refractivity contribution in [2.75, 3.05) is 13.1 Å². The number of piperidine rings is 1. The average molecular weight is 367 g/mol. The van der Waals surface area contributed by atoms with Crippen LogP contribution in [0.2, 0.25) is 0 Å². The highest BCUT2D eigenvalue weighted by Gasteiger charge is 2.19. The number of hydrogen-bond donors (Lipinski definition) is 2. The van der Waals surface area contributed by atoms with Gasteiger partial charge in [-0.3, -0.25) is 14.9 Å². The van der Waals surface area contributed by atoms with Gasteiger partial charge in [-0.2, -0.15) is 0 Å². The number of hydrogen-bond acceptors (Lipinski definition) is 6. The second-order valence-corrected chi connectivity index (χ2v) is 5.63. The molecule has 0 aliphatic carbocycles. The van der Waals surface area contributed by atoms with Crippen LogP contribution in [0.3, 0.4) is 0 Å². The molecule has 25 heavy (non-hydrogen) atoms. The Bertz CT molecular complexity index is 744. The fourth-order valence-electron chi connectivity index (χ4n) is 2.73. The number of rotatable bonds is 5. The van der Waals surface area contributed by atoms with E-state index in [9.17, 15) is 14.9 Å². The van der Waals surface area contributed by atoms with E-state index in [2.05, 4.69) is 20.9 Å². The molecule has 0 saturated carbocycles. The van der Waals surface area contributed by atoms with Crippen molar-refractivity contribution in [2.24, 2.45) is 0 Å². The number of carbonyl (C=O) groups is 1. The van der Waals surface area contributed by atoms with E-state index in [1.807, 2.05) is 0 Å². The van der Waals surface area contributed by atoms with E-state index >= 15 is 0 Å². The average Bonchev–Trinajstić information content (AvgIpc) is 3.11. The minimum atomic E-state index is -0.463. The van der Waals surface area contributed by atoms with E-state index in [4.69, 9.17) is 0 Å². The van der Waals surface area contributed by atoms with Crippen LogP contribution in [0.4, 0.5) is 5.69 Å². The molecule has 2 heterocycles. The summed E-state index contributed by atoms with van der Waals surface area (Å²) in [5.74, 6) is -0.395. The summed E-state index contributed by atoms with van der Waals surface area (Å²) in [4.78, 5) is 22.7. The van der Waals surface area contributed by atoms with E-state index in [0.29, 0.717) is 5.56 Å². The van der Waals surface area contributed by atoms with Crippen molar-refractivity contribution >= 4 is 24.0 Å². The van der Waals surface area contributed by atoms with Crippen LogP contribution in [0.5, 0.6) is 0 Å². The van der Waals surface area contributed by atoms with Crippen LogP contribution in [0.15, 0.2) is 30.5 Å². The zero-order chi connectivity index (χ0) is 16.9. The zero-order valence-electron chi connectivity index (χ0n) is 13.4. The summed E-state index contributed by atoms with van der Waals surface area (Å²) in [6.07, 6.45) is 3.52. The molecule has 1 aliphatic rings. The van der Waals surface area contributed by atoms with Gasteiger partial charge in [0.1, 0.15) is 0 Å². The van der Waals surface area contributed by atoms with Gasteiger partial charge in [-0.25, -0.2) is 4.68 Å². The van der Waals surface area contributed by atoms with Crippen LogP contribution in [-0.4, -0.2) is 38.9 Å². The van der Waals surface area contributed by atoms with Crippen LogP contribution in [0.1, 0.15) is 34.9 Å². The molecule has 1 fully saturated rings. The maximum atomic E-state index is 12.2. The molecule has 1 aromatic heterocycles. The van der Waals surface area contributed by atoms with Crippen molar-refractivity contribution in [3.8, 4) is 0 Å². The molecule has 2 N–H and O–H groups in total. The highest BCUT2D eigenvalue weighted by Crippen LogP contribution is 2.18. The van der Waals surface area contributed by atoms with Crippen LogP contribution in [0, 0.1) is 10.1 Å². The van der Waals surface area contributed by atoms with Crippen molar-refractivity contribution in [3.63, 3.8) is 0 Å². The molecule has 2 aromatic rings. The number of carbonyl (C=O) groups excluding carboxylic acids is 1. The van der Waals surface area contributed by atoms with Gasteiger partial charge in [0, 0.05) is 18.2 Å². The van der Waals surface area contributed by atoms with Gasteiger partial charge < -0.3 is 10.6 Å². The fraction of sp³-hybridized carbons (Fsp3) is 0.400. The predicted octanol–water partition coefficient (Wildman–Crippen LogP) is 1.46. The minimum absolute atomic E-state index is 0. The Kier molecular flexibility index (Phi) is 6.43. The third-order valence-corrected chi connectivity index (χ3v) is 4.05. The maximum absolute atomic E-state index is 12.2. The maximum Gasteiger partial charge on any atom is 0.274 e. The third-order valence-electron chi connectivity index (χ3n) is 4.05. The number of nitro groups is 1. The molecule has 0 radical (unpaired) electrons. The molecule has 1 aliphatic heterocycles. The first kappa shape index (κ1) is 18.8. The summed E-state index contributed by atoms with van der Waals surface area (Å²) in [5, 5.41) is 24.8. The Morgan fingerprint density at radius 3 is 2.80 bits per heavy atom. The lowest BCUT2D eigenvalue weighted by atomic mass is 10.1. The van der Waals surface area contributed by atoms with Crippen molar-refractivity contribution in [3.05, 3.63) is 51.8 Å². The second kappa shape index (κ2) is 8.54. The molecule has 9 nitrogen and oxygen atoms in total. The Morgan fingerprint density at radius 2 is 2.08 bits per heavy atom. The minimum Gasteiger partial charge on any atom is -0.346 e. The van der Waals surface area contributed by atoms with Crippen LogP contribution in [0.25, 0.3) is 0 Å². The number of halogens is 1. The summed E-state index contributed by atoms with van der Waals surface area (Å²) in [6.45, 7) is 1.91. The van der Waals surface area contributed by atoms with Gasteiger partial charge in [0.05, 0.1) is 17.2 Å². The molecule has 0 bridgehead atoms. The van der Waals surface area contributed by atoms with Gasteiger partial charge in [-0.1, -0.05) is 23.4 Å². The lowest BCUT2D eigenvalue weighted by Gasteiger charge is -2.22. The number of nitrogens with one attached hydrogen (secondary N) is 2. The van der Waals surface area contributed by atoms with Gasteiger partial charge >= 0.3 is 0 Å². The van der Waals surface area contributed by atoms with Crippen LogP contribution in [-0.2, 0) is 6.54 Å². The molecule has 1 saturated heterocycles. The number of nitrogens with zero attached hydrogens (tertiary/aromatic N) is 4. The monoisotopic (exact) mass is 366 g/mol. The summed E-state index contributed by atoms with van der Waals surface area (Å²) in [7, 11) is 0. The molecule has 1 aromatic carbocycles. The van der Waals surface area contributed by atoms with Crippen molar-refractivity contribution < 1.29 is 9.72 Å². The third kappa shape index (κ3) is 4.52. The summed E-state index contributed by atoms with van der Waals surface area (Å²) in [6, 6.07) is 6.56. The van der Waals surface area contributed by atoms with Gasteiger partial charge in [0.15, 0.2) is 5.69 Å². The van der Waals surface area contributed by atoms with Gasteiger partial charge in [0.2, 0.25) is 0 Å². The zero-order valence-corrected chi connectivity index (χ0v) is 14.2. The smallest absolute Gasteiger partial charge is 0.274 e. The molecular weight excluding hydrogens is 348 g/mol. The molecule has 0 unspecified atom stereocenters. The molecular formula is C15H19ClN6O3. The first-order valence-electron chi connectivity index (χ1n) is 7.78. The molecule has 0 spiro atoms. The Hall–Kier alpha value is -2.52. The van der Waals surface area contributed by atoms with Crippen LogP contribution >= 0.6 is 12.4 Å². The van der Waals surface area contributed by atoms with E-state index in [1.165, 1.54) is 6.07 Å². The number of benzene rings is 1. The Labute approximate surface area is 150 Å². The Balaban J connectivity index is 0.00000225. The van der Waals surface area contributed by atoms with Crippen molar-refractivity contribution in [2.45, 2.75) is 25.4 Å². The van der Waals surface area contributed by atoms with E-state index in [0.717, 1.165) is 25.9 Å². The van der Waals surface area contributed by atoms with Gasteiger partial charge in [0.25, 0.3) is 11.6 Å². The molecule has 3 rings (SSSR count). The van der Waals surface area contributed by atoms with E-state index < -0.39 is 10.8 Å². The van der Waals surface area contributed by atoms with E-state index in [1.54, 1.807) is 29.1 Å². The number of amides is 1. The second-order valence-electron chi connectivity index (χ2n) is 5.63. The lowest BCUT2D eigenvalue weighted by Crippen LogP contribution is -2.29. The number of aromatic nitrogens is 3. The van der Waals surface area contributed by atoms with Gasteiger partial charge in [-0.05, 0) is 25.9 Å².